The Bertz CT molecular complexity index is 623. The van der Waals surface area contributed by atoms with Crippen molar-refractivity contribution in [2.75, 3.05) is 0 Å². The quantitative estimate of drug-likeness (QED) is 0.875. The molecule has 2 aromatic carbocycles. The topological polar surface area (TPSA) is 29.1 Å². The Morgan fingerprint density at radius 2 is 1.76 bits per heavy atom. The van der Waals surface area contributed by atoms with Gasteiger partial charge in [-0.15, -0.1) is 0 Å². The zero-order chi connectivity index (χ0) is 14.7. The van der Waals surface area contributed by atoms with Gasteiger partial charge in [0, 0.05) is 5.92 Å². The van der Waals surface area contributed by atoms with Gasteiger partial charge in [-0.05, 0) is 36.1 Å². The molecular weight excluding hydrogens is 258 g/mol. The molecule has 0 bridgehead atoms. The molecule has 110 valence electrons. The van der Waals surface area contributed by atoms with Crippen LogP contribution in [0.25, 0.3) is 10.8 Å². The van der Waals surface area contributed by atoms with Crippen molar-refractivity contribution < 1.29 is 4.79 Å². The van der Waals surface area contributed by atoms with Gasteiger partial charge in [-0.2, -0.15) is 0 Å². The highest BCUT2D eigenvalue weighted by molar-refractivity contribution is 5.87. The van der Waals surface area contributed by atoms with Gasteiger partial charge in [0.05, 0.1) is 6.04 Å². The van der Waals surface area contributed by atoms with Gasteiger partial charge in [0.1, 0.15) is 0 Å². The van der Waals surface area contributed by atoms with Crippen molar-refractivity contribution in [3.63, 3.8) is 0 Å². The number of fused-ring (bicyclic) bond motifs is 1. The molecule has 1 aliphatic carbocycles. The molecule has 1 atom stereocenters. The highest BCUT2D eigenvalue weighted by Gasteiger charge is 2.22. The van der Waals surface area contributed by atoms with E-state index in [0.29, 0.717) is 0 Å². The molecule has 0 aromatic heterocycles. The summed E-state index contributed by atoms with van der Waals surface area (Å²) in [6, 6.07) is 14.7. The predicted octanol–water partition coefficient (Wildman–Crippen LogP) is 4.60. The highest BCUT2D eigenvalue weighted by atomic mass is 16.1. The molecule has 1 amide bonds. The van der Waals surface area contributed by atoms with Crippen LogP contribution in [-0.4, -0.2) is 5.91 Å². The van der Waals surface area contributed by atoms with Gasteiger partial charge in [-0.25, -0.2) is 0 Å². The van der Waals surface area contributed by atoms with Crippen molar-refractivity contribution in [3.05, 3.63) is 48.0 Å². The summed E-state index contributed by atoms with van der Waals surface area (Å²) >= 11 is 0. The second kappa shape index (κ2) is 6.30. The molecule has 1 saturated carbocycles. The Morgan fingerprint density at radius 3 is 2.57 bits per heavy atom. The Labute approximate surface area is 126 Å². The molecule has 21 heavy (non-hydrogen) atoms. The maximum absolute atomic E-state index is 12.4. The molecule has 1 N–H and O–H groups in total. The number of carbonyl (C=O) groups excluding carboxylic acids is 1. The summed E-state index contributed by atoms with van der Waals surface area (Å²) in [4.78, 5) is 12.4. The normalized spacial score (nSPS) is 17.6. The fourth-order valence-corrected chi connectivity index (χ4v) is 3.40. The third-order valence-electron chi connectivity index (χ3n) is 4.62. The summed E-state index contributed by atoms with van der Waals surface area (Å²) in [6.07, 6.45) is 5.77. The molecule has 1 aliphatic rings. The summed E-state index contributed by atoms with van der Waals surface area (Å²) in [5, 5.41) is 5.68. The van der Waals surface area contributed by atoms with Gasteiger partial charge in [-0.3, -0.25) is 4.79 Å². The van der Waals surface area contributed by atoms with Crippen molar-refractivity contribution in [3.8, 4) is 0 Å². The summed E-state index contributed by atoms with van der Waals surface area (Å²) in [5.41, 5.74) is 1.21. The molecule has 0 heterocycles. The van der Waals surface area contributed by atoms with Crippen LogP contribution in [0.1, 0.15) is 50.6 Å². The summed E-state index contributed by atoms with van der Waals surface area (Å²) in [7, 11) is 0. The second-order valence-electron chi connectivity index (χ2n) is 6.13. The molecular formula is C19H23NO. The highest BCUT2D eigenvalue weighted by Crippen LogP contribution is 2.27. The van der Waals surface area contributed by atoms with E-state index in [4.69, 9.17) is 0 Å². The minimum Gasteiger partial charge on any atom is -0.349 e. The molecule has 0 radical (unpaired) electrons. The van der Waals surface area contributed by atoms with Crippen LogP contribution in [0.2, 0.25) is 0 Å². The largest absolute Gasteiger partial charge is 0.349 e. The van der Waals surface area contributed by atoms with E-state index in [1.165, 1.54) is 35.6 Å². The Kier molecular flexibility index (Phi) is 4.23. The average molecular weight is 281 g/mol. The Hall–Kier alpha value is -1.83. The number of hydrogen-bond donors (Lipinski definition) is 1. The second-order valence-corrected chi connectivity index (χ2v) is 6.13. The van der Waals surface area contributed by atoms with Crippen molar-refractivity contribution in [1.29, 1.82) is 0 Å². The molecule has 2 nitrogen and oxygen atoms in total. The zero-order valence-corrected chi connectivity index (χ0v) is 12.6. The Balaban J connectivity index is 1.77. The van der Waals surface area contributed by atoms with Gasteiger partial charge in [-0.1, -0.05) is 61.7 Å². The van der Waals surface area contributed by atoms with E-state index >= 15 is 0 Å². The van der Waals surface area contributed by atoms with E-state index in [-0.39, 0.29) is 17.9 Å². The first-order valence-electron chi connectivity index (χ1n) is 8.04. The molecule has 0 saturated heterocycles. The number of rotatable bonds is 3. The smallest absolute Gasteiger partial charge is 0.223 e. The van der Waals surface area contributed by atoms with Crippen molar-refractivity contribution in [2.24, 2.45) is 5.92 Å². The van der Waals surface area contributed by atoms with Crippen LogP contribution in [-0.2, 0) is 4.79 Å². The number of carbonyl (C=O) groups is 1. The van der Waals surface area contributed by atoms with Crippen LogP contribution in [0, 0.1) is 5.92 Å². The number of nitrogens with one attached hydrogen (secondary N) is 1. The Morgan fingerprint density at radius 1 is 1.05 bits per heavy atom. The van der Waals surface area contributed by atoms with Crippen LogP contribution in [0.15, 0.2) is 42.5 Å². The van der Waals surface area contributed by atoms with Crippen molar-refractivity contribution in [1.82, 2.24) is 5.32 Å². The van der Waals surface area contributed by atoms with Gasteiger partial charge in [0.2, 0.25) is 5.91 Å². The summed E-state index contributed by atoms with van der Waals surface area (Å²) < 4.78 is 0. The lowest BCUT2D eigenvalue weighted by Gasteiger charge is -2.24. The number of benzene rings is 2. The lowest BCUT2D eigenvalue weighted by molar-refractivity contribution is -0.126. The van der Waals surface area contributed by atoms with Crippen molar-refractivity contribution in [2.45, 2.75) is 45.1 Å². The molecule has 2 aromatic rings. The first-order valence-corrected chi connectivity index (χ1v) is 8.04. The van der Waals surface area contributed by atoms with E-state index < -0.39 is 0 Å². The lowest BCUT2D eigenvalue weighted by Crippen LogP contribution is -2.33. The molecule has 0 unspecified atom stereocenters. The maximum atomic E-state index is 12.4. The van der Waals surface area contributed by atoms with Crippen molar-refractivity contribution >= 4 is 16.7 Å². The number of hydrogen-bond acceptors (Lipinski definition) is 1. The van der Waals surface area contributed by atoms with E-state index in [2.05, 4.69) is 54.7 Å². The van der Waals surface area contributed by atoms with Crippen LogP contribution in [0.5, 0.6) is 0 Å². The lowest BCUT2D eigenvalue weighted by atomic mass is 9.88. The maximum Gasteiger partial charge on any atom is 0.223 e. The average Bonchev–Trinajstić information content (AvgIpc) is 2.55. The first-order chi connectivity index (χ1) is 10.3. The molecule has 0 aliphatic heterocycles. The first kappa shape index (κ1) is 14.1. The van der Waals surface area contributed by atoms with Crippen LogP contribution < -0.4 is 5.32 Å². The molecule has 3 rings (SSSR count). The number of amides is 1. The molecule has 1 fully saturated rings. The van der Waals surface area contributed by atoms with Crippen LogP contribution >= 0.6 is 0 Å². The summed E-state index contributed by atoms with van der Waals surface area (Å²) in [5.74, 6) is 0.450. The van der Waals surface area contributed by atoms with Gasteiger partial charge in [0.25, 0.3) is 0 Å². The molecule has 2 heteroatoms. The third kappa shape index (κ3) is 3.10. The fraction of sp³-hybridized carbons (Fsp3) is 0.421. The zero-order valence-electron chi connectivity index (χ0n) is 12.6. The predicted molar refractivity (Wildman–Crippen MR) is 87.1 cm³/mol. The van der Waals surface area contributed by atoms with E-state index in [0.717, 1.165) is 12.8 Å². The molecule has 0 spiro atoms. The minimum absolute atomic E-state index is 0.0607. The fourth-order valence-electron chi connectivity index (χ4n) is 3.40. The van der Waals surface area contributed by atoms with Gasteiger partial charge >= 0.3 is 0 Å². The van der Waals surface area contributed by atoms with E-state index in [1.807, 2.05) is 0 Å². The minimum atomic E-state index is 0.0607. The standard InChI is InChI=1S/C19H23NO/c1-14(20-19(21)16-9-3-2-4-10-16)17-13-7-11-15-8-5-6-12-18(15)17/h5-8,11-14,16H,2-4,9-10H2,1H3,(H,20,21)/t14-/m0/s1. The van der Waals surface area contributed by atoms with Gasteiger partial charge < -0.3 is 5.32 Å². The van der Waals surface area contributed by atoms with Crippen LogP contribution in [0.4, 0.5) is 0 Å². The van der Waals surface area contributed by atoms with Crippen LogP contribution in [0.3, 0.4) is 0 Å². The third-order valence-corrected chi connectivity index (χ3v) is 4.62. The SMILES string of the molecule is C[C@H](NC(=O)C1CCCCC1)c1cccc2ccccc12. The van der Waals surface area contributed by atoms with E-state index in [9.17, 15) is 4.79 Å². The van der Waals surface area contributed by atoms with Gasteiger partial charge in [0.15, 0.2) is 0 Å². The monoisotopic (exact) mass is 281 g/mol. The van der Waals surface area contributed by atoms with E-state index in [1.54, 1.807) is 0 Å². The summed E-state index contributed by atoms with van der Waals surface area (Å²) in [6.45, 7) is 2.09.